The Labute approximate surface area is 119 Å². The first-order valence-electron chi connectivity index (χ1n) is 7.28. The van der Waals surface area contributed by atoms with E-state index in [4.69, 9.17) is 4.74 Å². The smallest absolute Gasteiger partial charge is 0.0704 e. The van der Waals surface area contributed by atoms with E-state index in [0.29, 0.717) is 12.5 Å². The van der Waals surface area contributed by atoms with Crippen molar-refractivity contribution in [3.05, 3.63) is 42.1 Å². The minimum absolute atomic E-state index is 0.310. The van der Waals surface area contributed by atoms with Crippen LogP contribution in [0.25, 0.3) is 10.9 Å². The lowest BCUT2D eigenvalue weighted by Crippen LogP contribution is -2.38. The van der Waals surface area contributed by atoms with Gasteiger partial charge in [0.2, 0.25) is 0 Å². The van der Waals surface area contributed by atoms with E-state index in [9.17, 15) is 5.11 Å². The largest absolute Gasteiger partial charge is 0.390 e. The average molecular weight is 271 g/mol. The maximum Gasteiger partial charge on any atom is 0.0704 e. The van der Waals surface area contributed by atoms with Crippen molar-refractivity contribution in [3.8, 4) is 0 Å². The molecule has 1 N–H and O–H groups in total. The molecule has 0 spiro atoms. The van der Waals surface area contributed by atoms with Crippen molar-refractivity contribution in [1.29, 1.82) is 0 Å². The highest BCUT2D eigenvalue weighted by Crippen LogP contribution is 2.33. The molecule has 1 saturated carbocycles. The van der Waals surface area contributed by atoms with Crippen LogP contribution in [-0.4, -0.2) is 28.9 Å². The van der Waals surface area contributed by atoms with E-state index >= 15 is 0 Å². The van der Waals surface area contributed by atoms with Crippen LogP contribution >= 0.6 is 0 Å². The first kappa shape index (κ1) is 13.5. The summed E-state index contributed by atoms with van der Waals surface area (Å²) < 4.78 is 5.38. The van der Waals surface area contributed by atoms with Crippen molar-refractivity contribution in [2.24, 2.45) is 0 Å². The first-order valence-corrected chi connectivity index (χ1v) is 7.28. The molecule has 1 aliphatic carbocycles. The second-order valence-corrected chi connectivity index (χ2v) is 5.82. The minimum atomic E-state index is -0.598. The van der Waals surface area contributed by atoms with Crippen LogP contribution in [0.2, 0.25) is 0 Å². The molecule has 20 heavy (non-hydrogen) atoms. The third-order valence-corrected chi connectivity index (χ3v) is 4.46. The van der Waals surface area contributed by atoms with E-state index in [1.165, 1.54) is 5.56 Å². The summed E-state index contributed by atoms with van der Waals surface area (Å²) >= 11 is 0. The summed E-state index contributed by atoms with van der Waals surface area (Å²) in [5.74, 6) is 0. The minimum Gasteiger partial charge on any atom is -0.390 e. The third-order valence-electron chi connectivity index (χ3n) is 4.46. The number of methoxy groups -OCH3 is 1. The molecule has 2 aromatic rings. The molecule has 0 saturated heterocycles. The van der Waals surface area contributed by atoms with Gasteiger partial charge < -0.3 is 9.84 Å². The van der Waals surface area contributed by atoms with Crippen molar-refractivity contribution >= 4 is 10.9 Å². The molecule has 1 heterocycles. The Morgan fingerprint density at radius 1 is 1.25 bits per heavy atom. The van der Waals surface area contributed by atoms with Crippen LogP contribution in [0.15, 0.2) is 36.5 Å². The van der Waals surface area contributed by atoms with Gasteiger partial charge in [-0.3, -0.25) is 4.98 Å². The number of aromatic nitrogens is 1. The molecule has 0 unspecified atom stereocenters. The van der Waals surface area contributed by atoms with Gasteiger partial charge in [-0.1, -0.05) is 18.2 Å². The second kappa shape index (κ2) is 5.51. The Bertz CT molecular complexity index is 583. The van der Waals surface area contributed by atoms with Crippen LogP contribution in [0.4, 0.5) is 0 Å². The number of hydrogen-bond acceptors (Lipinski definition) is 3. The van der Waals surface area contributed by atoms with Gasteiger partial charge in [-0.25, -0.2) is 0 Å². The standard InChI is InChI=1S/C17H21NO2/c1-20-14-6-9-17(19,10-7-14)12-13-8-11-18-16-5-3-2-4-15(13)16/h2-5,8,11,14,19H,6-7,9-10,12H2,1H3. The van der Waals surface area contributed by atoms with Gasteiger partial charge in [0.05, 0.1) is 17.2 Å². The van der Waals surface area contributed by atoms with E-state index < -0.39 is 5.60 Å². The van der Waals surface area contributed by atoms with Gasteiger partial charge in [-0.15, -0.1) is 0 Å². The predicted molar refractivity (Wildman–Crippen MR) is 79.7 cm³/mol. The molecular weight excluding hydrogens is 250 g/mol. The summed E-state index contributed by atoms with van der Waals surface area (Å²) in [7, 11) is 1.76. The molecule has 106 valence electrons. The van der Waals surface area contributed by atoms with Crippen LogP contribution in [0.1, 0.15) is 31.2 Å². The summed E-state index contributed by atoms with van der Waals surface area (Å²) in [6, 6.07) is 10.2. The van der Waals surface area contributed by atoms with Gasteiger partial charge >= 0.3 is 0 Å². The third kappa shape index (κ3) is 2.69. The molecule has 3 nitrogen and oxygen atoms in total. The van der Waals surface area contributed by atoms with Gasteiger partial charge in [0.15, 0.2) is 0 Å². The molecular formula is C17H21NO2. The van der Waals surface area contributed by atoms with Crippen molar-refractivity contribution in [2.45, 2.75) is 43.8 Å². The molecule has 3 rings (SSSR count). The first-order chi connectivity index (χ1) is 9.70. The van der Waals surface area contributed by atoms with Gasteiger partial charge in [0.25, 0.3) is 0 Å². The summed E-state index contributed by atoms with van der Waals surface area (Å²) in [6.07, 6.45) is 6.34. The molecule has 3 heteroatoms. The summed E-state index contributed by atoms with van der Waals surface area (Å²) in [5, 5.41) is 12.0. The number of fused-ring (bicyclic) bond motifs is 1. The number of para-hydroxylation sites is 1. The topological polar surface area (TPSA) is 42.4 Å². The van der Waals surface area contributed by atoms with Gasteiger partial charge in [0.1, 0.15) is 0 Å². The number of benzene rings is 1. The monoisotopic (exact) mass is 271 g/mol. The molecule has 0 atom stereocenters. The van der Waals surface area contributed by atoms with E-state index in [2.05, 4.69) is 11.1 Å². The maximum absolute atomic E-state index is 10.8. The SMILES string of the molecule is COC1CCC(O)(Cc2ccnc3ccccc23)CC1. The maximum atomic E-state index is 10.8. The number of ether oxygens (including phenoxy) is 1. The quantitative estimate of drug-likeness (QED) is 0.932. The van der Waals surface area contributed by atoms with Crippen LogP contribution in [-0.2, 0) is 11.2 Å². The fourth-order valence-electron chi connectivity index (χ4n) is 3.20. The van der Waals surface area contributed by atoms with E-state index in [1.807, 2.05) is 30.5 Å². The Balaban J connectivity index is 1.83. The Morgan fingerprint density at radius 2 is 2.00 bits per heavy atom. The fourth-order valence-corrected chi connectivity index (χ4v) is 3.20. The van der Waals surface area contributed by atoms with Gasteiger partial charge in [0, 0.05) is 25.1 Å². The summed E-state index contributed by atoms with van der Waals surface area (Å²) in [6.45, 7) is 0. The van der Waals surface area contributed by atoms with Crippen LogP contribution in [0, 0.1) is 0 Å². The zero-order valence-corrected chi connectivity index (χ0v) is 11.9. The zero-order valence-electron chi connectivity index (χ0n) is 11.9. The van der Waals surface area contributed by atoms with E-state index in [0.717, 1.165) is 36.6 Å². The number of aliphatic hydroxyl groups is 1. The number of nitrogens with zero attached hydrogens (tertiary/aromatic N) is 1. The lowest BCUT2D eigenvalue weighted by Gasteiger charge is -2.35. The molecule has 0 radical (unpaired) electrons. The molecule has 1 aliphatic rings. The lowest BCUT2D eigenvalue weighted by molar-refractivity contribution is -0.0425. The predicted octanol–water partition coefficient (Wildman–Crippen LogP) is 3.10. The van der Waals surface area contributed by atoms with Crippen molar-refractivity contribution in [3.63, 3.8) is 0 Å². The van der Waals surface area contributed by atoms with Crippen molar-refractivity contribution in [1.82, 2.24) is 4.98 Å². The highest BCUT2D eigenvalue weighted by Gasteiger charge is 2.33. The highest BCUT2D eigenvalue weighted by molar-refractivity contribution is 5.81. The van der Waals surface area contributed by atoms with Crippen molar-refractivity contribution in [2.75, 3.05) is 7.11 Å². The Kier molecular flexibility index (Phi) is 3.72. The van der Waals surface area contributed by atoms with Gasteiger partial charge in [-0.05, 0) is 43.4 Å². The average Bonchev–Trinajstić information content (AvgIpc) is 2.48. The summed E-state index contributed by atoms with van der Waals surface area (Å²) in [4.78, 5) is 4.38. The molecule has 1 aromatic carbocycles. The van der Waals surface area contributed by atoms with Crippen LogP contribution in [0.5, 0.6) is 0 Å². The van der Waals surface area contributed by atoms with E-state index in [1.54, 1.807) is 7.11 Å². The molecule has 0 aliphatic heterocycles. The van der Waals surface area contributed by atoms with Gasteiger partial charge in [-0.2, -0.15) is 0 Å². The lowest BCUT2D eigenvalue weighted by atomic mass is 9.79. The number of hydrogen-bond donors (Lipinski definition) is 1. The fraction of sp³-hybridized carbons (Fsp3) is 0.471. The Morgan fingerprint density at radius 3 is 2.75 bits per heavy atom. The summed E-state index contributed by atoms with van der Waals surface area (Å²) in [5.41, 5.74) is 1.59. The molecule has 1 aromatic heterocycles. The van der Waals surface area contributed by atoms with Crippen molar-refractivity contribution < 1.29 is 9.84 Å². The molecule has 0 amide bonds. The Hall–Kier alpha value is -1.45. The number of pyridine rings is 1. The van der Waals surface area contributed by atoms with E-state index in [-0.39, 0.29) is 0 Å². The highest BCUT2D eigenvalue weighted by atomic mass is 16.5. The van der Waals surface area contributed by atoms with Crippen LogP contribution in [0.3, 0.4) is 0 Å². The molecule has 1 fully saturated rings. The normalized spacial score (nSPS) is 26.8. The molecule has 0 bridgehead atoms. The second-order valence-electron chi connectivity index (χ2n) is 5.82. The zero-order chi connectivity index (χ0) is 14.0. The van der Waals surface area contributed by atoms with Crippen LogP contribution < -0.4 is 0 Å². The number of rotatable bonds is 3.